The van der Waals surface area contributed by atoms with Crippen molar-refractivity contribution >= 4 is 5.78 Å². The molecule has 0 saturated carbocycles. The van der Waals surface area contributed by atoms with Crippen molar-refractivity contribution in [2.75, 3.05) is 47.1 Å². The Labute approximate surface area is 125 Å². The van der Waals surface area contributed by atoms with Gasteiger partial charge in [0.15, 0.2) is 11.5 Å². The van der Waals surface area contributed by atoms with Crippen molar-refractivity contribution < 1.29 is 19.0 Å². The summed E-state index contributed by atoms with van der Waals surface area (Å²) in [6, 6.07) is 5.63. The summed E-state index contributed by atoms with van der Waals surface area (Å²) in [7, 11) is 3.20. The highest BCUT2D eigenvalue weighted by atomic mass is 16.5. The zero-order chi connectivity index (χ0) is 15.1. The molecule has 0 aliphatic carbocycles. The third-order valence-corrected chi connectivity index (χ3v) is 3.68. The maximum absolute atomic E-state index is 12.2. The monoisotopic (exact) mass is 293 g/mol. The highest BCUT2D eigenvalue weighted by Crippen LogP contribution is 2.31. The van der Waals surface area contributed by atoms with Crippen LogP contribution in [-0.2, 0) is 16.0 Å². The van der Waals surface area contributed by atoms with Crippen LogP contribution in [0.4, 0.5) is 0 Å². The van der Waals surface area contributed by atoms with Crippen molar-refractivity contribution in [2.45, 2.75) is 12.8 Å². The van der Waals surface area contributed by atoms with Crippen LogP contribution in [0.25, 0.3) is 0 Å². The van der Waals surface area contributed by atoms with Crippen LogP contribution in [0.5, 0.6) is 11.5 Å². The quantitative estimate of drug-likeness (QED) is 0.763. The van der Waals surface area contributed by atoms with Crippen LogP contribution >= 0.6 is 0 Å². The third-order valence-electron chi connectivity index (χ3n) is 3.68. The van der Waals surface area contributed by atoms with Crippen molar-refractivity contribution in [1.29, 1.82) is 0 Å². The van der Waals surface area contributed by atoms with Gasteiger partial charge in [0.25, 0.3) is 0 Å². The summed E-state index contributed by atoms with van der Waals surface area (Å²) >= 11 is 0. The molecular weight excluding hydrogens is 270 g/mol. The van der Waals surface area contributed by atoms with E-state index in [1.165, 1.54) is 0 Å². The Hall–Kier alpha value is -1.59. The fourth-order valence-electron chi connectivity index (χ4n) is 2.50. The zero-order valence-electron chi connectivity index (χ0n) is 12.8. The molecule has 0 atom stereocenters. The second-order valence-electron chi connectivity index (χ2n) is 5.07. The molecule has 116 valence electrons. The van der Waals surface area contributed by atoms with Crippen molar-refractivity contribution in [2.24, 2.45) is 0 Å². The van der Waals surface area contributed by atoms with E-state index in [1.54, 1.807) is 14.2 Å². The van der Waals surface area contributed by atoms with Gasteiger partial charge in [-0.1, -0.05) is 12.1 Å². The number of hydrogen-bond acceptors (Lipinski definition) is 5. The lowest BCUT2D eigenvalue weighted by atomic mass is 10.1. The predicted octanol–water partition coefficient (Wildman–Crippen LogP) is 1.54. The summed E-state index contributed by atoms with van der Waals surface area (Å²) in [5, 5.41) is 0. The predicted molar refractivity (Wildman–Crippen MR) is 80.1 cm³/mol. The molecule has 0 amide bonds. The Morgan fingerprint density at radius 3 is 2.67 bits per heavy atom. The van der Waals surface area contributed by atoms with Gasteiger partial charge >= 0.3 is 0 Å². The molecule has 0 aromatic heterocycles. The van der Waals surface area contributed by atoms with E-state index in [4.69, 9.17) is 14.2 Å². The summed E-state index contributed by atoms with van der Waals surface area (Å²) in [5.74, 6) is 1.53. The van der Waals surface area contributed by atoms with E-state index >= 15 is 0 Å². The number of para-hydroxylation sites is 1. The Bertz CT molecular complexity index is 469. The van der Waals surface area contributed by atoms with Crippen LogP contribution in [0.1, 0.15) is 12.0 Å². The molecule has 1 aromatic carbocycles. The molecule has 1 fully saturated rings. The summed E-state index contributed by atoms with van der Waals surface area (Å²) in [6.45, 7) is 4.15. The van der Waals surface area contributed by atoms with Gasteiger partial charge < -0.3 is 14.2 Å². The van der Waals surface area contributed by atoms with Crippen LogP contribution in [0.15, 0.2) is 18.2 Å². The Balaban J connectivity index is 1.90. The van der Waals surface area contributed by atoms with Gasteiger partial charge in [-0.05, 0) is 6.07 Å². The van der Waals surface area contributed by atoms with Gasteiger partial charge in [-0.25, -0.2) is 0 Å². The summed E-state index contributed by atoms with van der Waals surface area (Å²) < 4.78 is 15.9. The first-order valence-corrected chi connectivity index (χ1v) is 7.26. The molecule has 5 nitrogen and oxygen atoms in total. The van der Waals surface area contributed by atoms with Gasteiger partial charge in [0, 0.05) is 38.0 Å². The fourth-order valence-corrected chi connectivity index (χ4v) is 2.50. The molecule has 1 heterocycles. The summed E-state index contributed by atoms with van der Waals surface area (Å²) in [5.41, 5.74) is 0.879. The topological polar surface area (TPSA) is 48.0 Å². The minimum Gasteiger partial charge on any atom is -0.493 e. The summed E-state index contributed by atoms with van der Waals surface area (Å²) in [6.07, 6.45) is 0.936. The number of methoxy groups -OCH3 is 2. The average molecular weight is 293 g/mol. The molecule has 2 rings (SSSR count). The SMILES string of the molecule is COc1cccc(CC(=O)CCN2CCOCC2)c1OC. The van der Waals surface area contributed by atoms with E-state index in [-0.39, 0.29) is 5.78 Å². The minimum absolute atomic E-state index is 0.216. The third kappa shape index (κ3) is 4.44. The molecule has 1 saturated heterocycles. The Morgan fingerprint density at radius 1 is 1.24 bits per heavy atom. The number of Topliss-reactive ketones (excluding diaryl/α,β-unsaturated/α-hetero) is 1. The molecular formula is C16H23NO4. The lowest BCUT2D eigenvalue weighted by Crippen LogP contribution is -2.37. The number of hydrogen-bond donors (Lipinski definition) is 0. The van der Waals surface area contributed by atoms with Crippen LogP contribution in [0.2, 0.25) is 0 Å². The van der Waals surface area contributed by atoms with Gasteiger partial charge in [0.05, 0.1) is 27.4 Å². The maximum Gasteiger partial charge on any atom is 0.164 e. The molecule has 5 heteroatoms. The second-order valence-corrected chi connectivity index (χ2v) is 5.07. The number of ketones is 1. The van der Waals surface area contributed by atoms with Crippen molar-refractivity contribution in [3.63, 3.8) is 0 Å². The van der Waals surface area contributed by atoms with E-state index < -0.39 is 0 Å². The van der Waals surface area contributed by atoms with Crippen molar-refractivity contribution in [3.8, 4) is 11.5 Å². The van der Waals surface area contributed by atoms with Gasteiger partial charge in [-0.3, -0.25) is 9.69 Å². The molecule has 1 aromatic rings. The first-order chi connectivity index (χ1) is 10.2. The number of ether oxygens (including phenoxy) is 3. The number of carbonyl (C=O) groups excluding carboxylic acids is 1. The highest BCUT2D eigenvalue weighted by molar-refractivity contribution is 5.82. The maximum atomic E-state index is 12.2. The molecule has 0 radical (unpaired) electrons. The molecule has 0 unspecified atom stereocenters. The zero-order valence-corrected chi connectivity index (χ0v) is 12.8. The average Bonchev–Trinajstić information content (AvgIpc) is 2.53. The standard InChI is InChI=1S/C16H23NO4/c1-19-15-5-3-4-13(16(15)20-2)12-14(18)6-7-17-8-10-21-11-9-17/h3-5H,6-12H2,1-2H3. The van der Waals surface area contributed by atoms with Crippen LogP contribution in [0.3, 0.4) is 0 Å². The van der Waals surface area contributed by atoms with Gasteiger partial charge in [0.2, 0.25) is 0 Å². The Morgan fingerprint density at radius 2 is 2.00 bits per heavy atom. The van der Waals surface area contributed by atoms with Crippen molar-refractivity contribution in [3.05, 3.63) is 23.8 Å². The Kier molecular flexibility index (Phi) is 6.02. The van der Waals surface area contributed by atoms with E-state index in [0.29, 0.717) is 24.3 Å². The van der Waals surface area contributed by atoms with Crippen LogP contribution < -0.4 is 9.47 Å². The fraction of sp³-hybridized carbons (Fsp3) is 0.562. The largest absolute Gasteiger partial charge is 0.493 e. The molecule has 21 heavy (non-hydrogen) atoms. The highest BCUT2D eigenvalue weighted by Gasteiger charge is 2.15. The molecule has 1 aliphatic heterocycles. The number of nitrogens with zero attached hydrogens (tertiary/aromatic N) is 1. The number of carbonyl (C=O) groups is 1. The molecule has 0 N–H and O–H groups in total. The lowest BCUT2D eigenvalue weighted by Gasteiger charge is -2.26. The van der Waals surface area contributed by atoms with Gasteiger partial charge in [-0.15, -0.1) is 0 Å². The normalized spacial score (nSPS) is 15.7. The van der Waals surface area contributed by atoms with E-state index in [9.17, 15) is 4.79 Å². The molecule has 0 spiro atoms. The minimum atomic E-state index is 0.216. The lowest BCUT2D eigenvalue weighted by molar-refractivity contribution is -0.119. The van der Waals surface area contributed by atoms with E-state index in [2.05, 4.69) is 4.90 Å². The van der Waals surface area contributed by atoms with Crippen molar-refractivity contribution in [1.82, 2.24) is 4.90 Å². The summed E-state index contributed by atoms with van der Waals surface area (Å²) in [4.78, 5) is 14.4. The second kappa shape index (κ2) is 8.00. The first-order valence-electron chi connectivity index (χ1n) is 7.26. The first kappa shape index (κ1) is 15.8. The molecule has 0 bridgehead atoms. The van der Waals surface area contributed by atoms with E-state index in [0.717, 1.165) is 38.4 Å². The number of benzene rings is 1. The van der Waals surface area contributed by atoms with E-state index in [1.807, 2.05) is 18.2 Å². The van der Waals surface area contributed by atoms with Gasteiger partial charge in [-0.2, -0.15) is 0 Å². The van der Waals surface area contributed by atoms with Crippen LogP contribution in [-0.4, -0.2) is 57.8 Å². The smallest absolute Gasteiger partial charge is 0.164 e. The van der Waals surface area contributed by atoms with Crippen LogP contribution in [0, 0.1) is 0 Å². The van der Waals surface area contributed by atoms with Gasteiger partial charge in [0.1, 0.15) is 5.78 Å². The molecule has 1 aliphatic rings. The number of rotatable bonds is 7. The number of morpholine rings is 1.